The molecule has 3 rings (SSSR count). The molecule has 0 N–H and O–H groups in total. The van der Waals surface area contributed by atoms with Crippen LogP contribution in [0.5, 0.6) is 0 Å². The lowest BCUT2D eigenvalue weighted by Gasteiger charge is -2.32. The third kappa shape index (κ3) is 4.50. The number of benzene rings is 1. The van der Waals surface area contributed by atoms with E-state index in [2.05, 4.69) is 9.97 Å². The number of anilines is 3. The van der Waals surface area contributed by atoms with Crippen molar-refractivity contribution in [3.63, 3.8) is 0 Å². The summed E-state index contributed by atoms with van der Waals surface area (Å²) in [7, 11) is 0. The fourth-order valence-corrected chi connectivity index (χ4v) is 3.79. The van der Waals surface area contributed by atoms with E-state index in [4.69, 9.17) is 4.74 Å². The van der Waals surface area contributed by atoms with Gasteiger partial charge in [-0.05, 0) is 51.3 Å². The van der Waals surface area contributed by atoms with Gasteiger partial charge in [0.25, 0.3) is 0 Å². The first-order chi connectivity index (χ1) is 14.5. The number of aryl methyl sites for hydroxylation is 1. The first-order valence-electron chi connectivity index (χ1n) is 10.2. The topological polar surface area (TPSA) is 102 Å². The molecule has 0 radical (unpaired) electrons. The number of hydrogen-bond donors (Lipinski definition) is 0. The van der Waals surface area contributed by atoms with Crippen molar-refractivity contribution >= 4 is 29.0 Å². The summed E-state index contributed by atoms with van der Waals surface area (Å²) in [6.45, 7) is 7.56. The van der Waals surface area contributed by atoms with Gasteiger partial charge in [-0.1, -0.05) is 12.1 Å². The minimum Gasteiger partial charge on any atom is -0.466 e. The van der Waals surface area contributed by atoms with Crippen molar-refractivity contribution in [3.8, 4) is 0 Å². The number of carbonyl (C=O) groups excluding carboxylic acids is 1. The van der Waals surface area contributed by atoms with Gasteiger partial charge in [0.2, 0.25) is 11.6 Å². The van der Waals surface area contributed by atoms with Crippen molar-refractivity contribution in [1.82, 2.24) is 9.97 Å². The molecular formula is C21H27N5O4. The molecule has 0 bridgehead atoms. The highest BCUT2D eigenvalue weighted by molar-refractivity contribution is 5.77. The van der Waals surface area contributed by atoms with Gasteiger partial charge >= 0.3 is 11.7 Å². The number of ether oxygens (including phenoxy) is 1. The summed E-state index contributed by atoms with van der Waals surface area (Å²) >= 11 is 0. The highest BCUT2D eigenvalue weighted by Crippen LogP contribution is 2.38. The van der Waals surface area contributed by atoms with Crippen molar-refractivity contribution in [1.29, 1.82) is 0 Å². The fourth-order valence-electron chi connectivity index (χ4n) is 3.79. The van der Waals surface area contributed by atoms with Crippen LogP contribution >= 0.6 is 0 Å². The SMILES string of the molecule is CCOC(=O)C1CCN(c2ncnc(N(CC)c3cccc(C)c3)c2[N+](=O)[O-])CC1. The molecule has 1 aromatic carbocycles. The third-order valence-electron chi connectivity index (χ3n) is 5.27. The fraction of sp³-hybridized carbons (Fsp3) is 0.476. The smallest absolute Gasteiger partial charge is 0.353 e. The minimum atomic E-state index is -0.416. The Morgan fingerprint density at radius 3 is 2.63 bits per heavy atom. The number of hydrogen-bond acceptors (Lipinski definition) is 8. The van der Waals surface area contributed by atoms with Crippen LogP contribution in [-0.2, 0) is 9.53 Å². The number of nitrogens with zero attached hydrogens (tertiary/aromatic N) is 5. The monoisotopic (exact) mass is 413 g/mol. The molecule has 2 heterocycles. The molecule has 1 saturated heterocycles. The van der Waals surface area contributed by atoms with Crippen molar-refractivity contribution in [2.45, 2.75) is 33.6 Å². The van der Waals surface area contributed by atoms with E-state index < -0.39 is 4.92 Å². The van der Waals surface area contributed by atoms with Crippen molar-refractivity contribution in [3.05, 3.63) is 46.3 Å². The van der Waals surface area contributed by atoms with Gasteiger partial charge in [-0.25, -0.2) is 9.97 Å². The zero-order valence-electron chi connectivity index (χ0n) is 17.6. The van der Waals surface area contributed by atoms with Gasteiger partial charge in [-0.15, -0.1) is 0 Å². The van der Waals surface area contributed by atoms with Crippen molar-refractivity contribution in [2.75, 3.05) is 36.0 Å². The molecular weight excluding hydrogens is 386 g/mol. The lowest BCUT2D eigenvalue weighted by atomic mass is 9.97. The molecule has 9 heteroatoms. The molecule has 160 valence electrons. The van der Waals surface area contributed by atoms with Crippen molar-refractivity contribution < 1.29 is 14.5 Å². The largest absolute Gasteiger partial charge is 0.466 e. The lowest BCUT2D eigenvalue weighted by Crippen LogP contribution is -2.38. The van der Waals surface area contributed by atoms with Crippen LogP contribution in [-0.4, -0.2) is 47.1 Å². The Morgan fingerprint density at radius 1 is 1.30 bits per heavy atom. The second-order valence-corrected chi connectivity index (χ2v) is 7.22. The molecule has 0 atom stereocenters. The third-order valence-corrected chi connectivity index (χ3v) is 5.27. The number of esters is 1. The molecule has 0 amide bonds. The second kappa shape index (κ2) is 9.51. The van der Waals surface area contributed by atoms with Crippen LogP contribution in [0.15, 0.2) is 30.6 Å². The van der Waals surface area contributed by atoms with Crippen LogP contribution in [0.1, 0.15) is 32.3 Å². The molecule has 0 saturated carbocycles. The summed E-state index contributed by atoms with van der Waals surface area (Å²) < 4.78 is 5.11. The number of carbonyl (C=O) groups is 1. The van der Waals surface area contributed by atoms with Gasteiger partial charge in [0.05, 0.1) is 17.4 Å². The lowest BCUT2D eigenvalue weighted by molar-refractivity contribution is -0.383. The first-order valence-corrected chi connectivity index (χ1v) is 10.2. The summed E-state index contributed by atoms with van der Waals surface area (Å²) in [4.78, 5) is 35.9. The highest BCUT2D eigenvalue weighted by atomic mass is 16.6. The maximum atomic E-state index is 12.1. The number of aromatic nitrogens is 2. The molecule has 1 aromatic heterocycles. The van der Waals surface area contributed by atoms with E-state index in [0.717, 1.165) is 11.3 Å². The molecule has 0 aliphatic carbocycles. The summed E-state index contributed by atoms with van der Waals surface area (Å²) in [5, 5.41) is 12.1. The molecule has 1 aliphatic heterocycles. The average Bonchev–Trinajstić information content (AvgIpc) is 2.74. The molecule has 0 spiro atoms. The maximum Gasteiger partial charge on any atom is 0.353 e. The first kappa shape index (κ1) is 21.5. The van der Waals surface area contributed by atoms with E-state index in [0.29, 0.717) is 44.9 Å². The van der Waals surface area contributed by atoms with Gasteiger partial charge < -0.3 is 14.5 Å². The Hall–Kier alpha value is -3.23. The second-order valence-electron chi connectivity index (χ2n) is 7.22. The molecule has 1 aliphatic rings. The Labute approximate surface area is 175 Å². The van der Waals surface area contributed by atoms with Gasteiger partial charge in [-0.3, -0.25) is 14.9 Å². The van der Waals surface area contributed by atoms with E-state index in [1.54, 1.807) is 6.92 Å². The van der Waals surface area contributed by atoms with Gasteiger partial charge in [0.1, 0.15) is 6.33 Å². The predicted octanol–water partition coefficient (Wildman–Crippen LogP) is 3.63. The number of piperidine rings is 1. The standard InChI is InChI=1S/C21H27N5O4/c1-4-25(17-8-6-7-15(3)13-17)20-18(26(28)29)19(22-14-23-20)24-11-9-16(10-12-24)21(27)30-5-2/h6-8,13-14,16H,4-5,9-12H2,1-3H3. The Morgan fingerprint density at radius 2 is 2.03 bits per heavy atom. The minimum absolute atomic E-state index is 0.115. The van der Waals surface area contributed by atoms with E-state index in [1.165, 1.54) is 6.33 Å². The summed E-state index contributed by atoms with van der Waals surface area (Å²) in [5.41, 5.74) is 1.78. The van der Waals surface area contributed by atoms with E-state index in [9.17, 15) is 14.9 Å². The predicted molar refractivity (Wildman–Crippen MR) is 114 cm³/mol. The molecule has 0 unspecified atom stereocenters. The zero-order valence-corrected chi connectivity index (χ0v) is 17.6. The molecule has 9 nitrogen and oxygen atoms in total. The van der Waals surface area contributed by atoms with Crippen LogP contribution in [0.2, 0.25) is 0 Å². The number of rotatable bonds is 7. The van der Waals surface area contributed by atoms with Crippen molar-refractivity contribution in [2.24, 2.45) is 5.92 Å². The maximum absolute atomic E-state index is 12.1. The quantitative estimate of drug-likeness (QED) is 0.385. The molecule has 30 heavy (non-hydrogen) atoms. The van der Waals surface area contributed by atoms with Crippen LogP contribution in [0.25, 0.3) is 0 Å². The van der Waals surface area contributed by atoms with Crippen LogP contribution in [0.3, 0.4) is 0 Å². The van der Waals surface area contributed by atoms with E-state index in [1.807, 2.05) is 47.9 Å². The Bertz CT molecular complexity index is 912. The summed E-state index contributed by atoms with van der Waals surface area (Å²) in [5.74, 6) is 0.177. The van der Waals surface area contributed by atoms with E-state index in [-0.39, 0.29) is 23.4 Å². The average molecular weight is 413 g/mol. The van der Waals surface area contributed by atoms with E-state index >= 15 is 0 Å². The summed E-state index contributed by atoms with van der Waals surface area (Å²) in [6.07, 6.45) is 2.52. The van der Waals surface area contributed by atoms with Crippen LogP contribution in [0.4, 0.5) is 23.0 Å². The van der Waals surface area contributed by atoms with Gasteiger partial charge in [0.15, 0.2) is 0 Å². The van der Waals surface area contributed by atoms with Crippen LogP contribution < -0.4 is 9.80 Å². The van der Waals surface area contributed by atoms with Gasteiger partial charge in [0, 0.05) is 25.3 Å². The zero-order chi connectivity index (χ0) is 21.7. The Kier molecular flexibility index (Phi) is 6.81. The molecule has 1 fully saturated rings. The summed E-state index contributed by atoms with van der Waals surface area (Å²) in [6, 6.07) is 7.78. The normalized spacial score (nSPS) is 14.4. The Balaban J connectivity index is 1.92. The van der Waals surface area contributed by atoms with Gasteiger partial charge in [-0.2, -0.15) is 0 Å². The van der Waals surface area contributed by atoms with Crippen LogP contribution in [0, 0.1) is 23.0 Å². The molecule has 2 aromatic rings. The number of nitro groups is 1. The highest BCUT2D eigenvalue weighted by Gasteiger charge is 2.33.